The zero-order valence-electron chi connectivity index (χ0n) is 18.0. The Morgan fingerprint density at radius 3 is 2.57 bits per heavy atom. The average Bonchev–Trinajstić information content (AvgIpc) is 3.03. The van der Waals surface area contributed by atoms with Crippen molar-refractivity contribution in [2.45, 2.75) is 65.9 Å². The molecule has 0 saturated carbocycles. The van der Waals surface area contributed by atoms with Crippen LogP contribution >= 0.6 is 0 Å². The molecule has 28 heavy (non-hydrogen) atoms. The summed E-state index contributed by atoms with van der Waals surface area (Å²) >= 11 is 0. The Morgan fingerprint density at radius 2 is 1.93 bits per heavy atom. The molecule has 0 aromatic carbocycles. The Bertz CT molecular complexity index is 774. The van der Waals surface area contributed by atoms with E-state index in [1.165, 1.54) is 16.7 Å². The Balaban J connectivity index is 2.18. The van der Waals surface area contributed by atoms with E-state index in [4.69, 9.17) is 9.47 Å². The van der Waals surface area contributed by atoms with Gasteiger partial charge in [-0.15, -0.1) is 6.58 Å². The first kappa shape index (κ1) is 20.9. The van der Waals surface area contributed by atoms with Crippen molar-refractivity contribution < 1.29 is 14.3 Å². The van der Waals surface area contributed by atoms with Gasteiger partial charge in [-0.1, -0.05) is 41.0 Å². The van der Waals surface area contributed by atoms with E-state index in [1.807, 2.05) is 6.08 Å². The normalized spacial score (nSPS) is 33.7. The molecule has 2 aliphatic carbocycles. The molecule has 3 aliphatic rings. The summed E-state index contributed by atoms with van der Waals surface area (Å²) in [5, 5.41) is 0. The monoisotopic (exact) mass is 382 g/mol. The Morgan fingerprint density at radius 1 is 1.21 bits per heavy atom. The molecule has 1 saturated heterocycles. The number of carbonyl (C=O) groups is 1. The lowest BCUT2D eigenvalue weighted by Gasteiger charge is -2.55. The van der Waals surface area contributed by atoms with Gasteiger partial charge in [0.2, 0.25) is 0 Å². The van der Waals surface area contributed by atoms with Gasteiger partial charge in [-0.25, -0.2) is 0 Å². The van der Waals surface area contributed by atoms with Crippen LogP contribution in [-0.4, -0.2) is 18.2 Å². The molecule has 152 valence electrons. The summed E-state index contributed by atoms with van der Waals surface area (Å²) in [4.78, 5) is 13.6. The van der Waals surface area contributed by atoms with Crippen LogP contribution < -0.4 is 0 Å². The van der Waals surface area contributed by atoms with Crippen molar-refractivity contribution in [2.75, 3.05) is 6.79 Å². The fourth-order valence-corrected chi connectivity index (χ4v) is 5.37. The molecule has 0 aromatic rings. The zero-order valence-corrected chi connectivity index (χ0v) is 18.0. The second kappa shape index (κ2) is 7.87. The molecule has 3 rings (SSSR count). The highest BCUT2D eigenvalue weighted by Gasteiger charge is 2.64. The Kier molecular flexibility index (Phi) is 5.86. The minimum Gasteiger partial charge on any atom is -0.469 e. The van der Waals surface area contributed by atoms with Crippen LogP contribution in [0.2, 0.25) is 0 Å². The standard InChI is InChI=1S/C25H34O3/c1-7-13-24-20(10-8-17(2)3)19(6)9-11-21(24)25(14-12-18(4)5)23(15-22(24)26)27-16-28-25/h7-9,12,15,20-21H,1,10-11,13-14,16H2,2-6H3/t20-,21+,24-,25+/m1/s1. The smallest absolute Gasteiger partial charge is 0.189 e. The summed E-state index contributed by atoms with van der Waals surface area (Å²) in [6, 6.07) is 0. The third-order valence-corrected chi connectivity index (χ3v) is 6.76. The fraction of sp³-hybridized carbons (Fsp3) is 0.560. The molecule has 0 bridgehead atoms. The van der Waals surface area contributed by atoms with Gasteiger partial charge in [-0.2, -0.15) is 0 Å². The van der Waals surface area contributed by atoms with Crippen LogP contribution in [-0.2, 0) is 14.3 Å². The first-order chi connectivity index (χ1) is 13.3. The van der Waals surface area contributed by atoms with Gasteiger partial charge < -0.3 is 9.47 Å². The van der Waals surface area contributed by atoms with Crippen molar-refractivity contribution >= 4 is 5.78 Å². The van der Waals surface area contributed by atoms with Crippen molar-refractivity contribution in [3.05, 3.63) is 59.4 Å². The van der Waals surface area contributed by atoms with Crippen molar-refractivity contribution in [3.63, 3.8) is 0 Å². The lowest BCUT2D eigenvalue weighted by Crippen LogP contribution is -2.59. The number of carbonyl (C=O) groups excluding carboxylic acids is 1. The van der Waals surface area contributed by atoms with E-state index >= 15 is 0 Å². The van der Waals surface area contributed by atoms with Gasteiger partial charge in [0.1, 0.15) is 11.4 Å². The maximum atomic E-state index is 13.6. The summed E-state index contributed by atoms with van der Waals surface area (Å²) in [6.45, 7) is 14.8. The molecule has 0 spiro atoms. The fourth-order valence-electron chi connectivity index (χ4n) is 5.37. The quantitative estimate of drug-likeness (QED) is 0.524. The Labute approximate surface area is 169 Å². The van der Waals surface area contributed by atoms with Crippen LogP contribution in [0.15, 0.2) is 59.4 Å². The van der Waals surface area contributed by atoms with Crippen LogP contribution in [0.5, 0.6) is 0 Å². The lowest BCUT2D eigenvalue weighted by atomic mass is 9.49. The van der Waals surface area contributed by atoms with Gasteiger partial charge in [0.25, 0.3) is 0 Å². The molecule has 0 amide bonds. The second-order valence-electron chi connectivity index (χ2n) is 8.99. The molecule has 0 aromatic heterocycles. The number of ketones is 1. The summed E-state index contributed by atoms with van der Waals surface area (Å²) in [7, 11) is 0. The van der Waals surface area contributed by atoms with Crippen molar-refractivity contribution in [3.8, 4) is 0 Å². The number of fused-ring (bicyclic) bond motifs is 3. The molecule has 3 nitrogen and oxygen atoms in total. The van der Waals surface area contributed by atoms with Crippen molar-refractivity contribution in [2.24, 2.45) is 17.3 Å². The number of hydrogen-bond acceptors (Lipinski definition) is 3. The topological polar surface area (TPSA) is 35.5 Å². The summed E-state index contributed by atoms with van der Waals surface area (Å²) in [5.41, 5.74) is 2.74. The average molecular weight is 383 g/mol. The van der Waals surface area contributed by atoms with E-state index in [0.717, 1.165) is 19.3 Å². The van der Waals surface area contributed by atoms with E-state index in [0.29, 0.717) is 12.2 Å². The van der Waals surface area contributed by atoms with Gasteiger partial charge in [0, 0.05) is 23.8 Å². The highest BCUT2D eigenvalue weighted by Crippen LogP contribution is 2.61. The molecule has 4 atom stereocenters. The van der Waals surface area contributed by atoms with E-state index in [-0.39, 0.29) is 24.4 Å². The molecule has 0 unspecified atom stereocenters. The van der Waals surface area contributed by atoms with Gasteiger partial charge in [-0.3, -0.25) is 4.79 Å². The van der Waals surface area contributed by atoms with Gasteiger partial charge >= 0.3 is 0 Å². The Hall–Kier alpha value is -1.87. The molecule has 1 heterocycles. The predicted molar refractivity (Wildman–Crippen MR) is 114 cm³/mol. The first-order valence-corrected chi connectivity index (χ1v) is 10.4. The van der Waals surface area contributed by atoms with Crippen LogP contribution in [0.25, 0.3) is 0 Å². The summed E-state index contributed by atoms with van der Waals surface area (Å²) < 4.78 is 12.2. The molecular weight excluding hydrogens is 348 g/mol. The molecule has 0 radical (unpaired) electrons. The number of allylic oxidation sites excluding steroid dienone is 7. The van der Waals surface area contributed by atoms with Crippen LogP contribution in [0.4, 0.5) is 0 Å². The van der Waals surface area contributed by atoms with Crippen LogP contribution in [0, 0.1) is 17.3 Å². The summed E-state index contributed by atoms with van der Waals surface area (Å²) in [6.07, 6.45) is 13.5. The highest BCUT2D eigenvalue weighted by molar-refractivity contribution is 5.98. The SMILES string of the molecule is C=CC[C@]12C(=O)C=C3OCO[C@@]3(CC=C(C)C)[C@H]1CC=C(C)[C@H]2CC=C(C)C. The van der Waals surface area contributed by atoms with Gasteiger partial charge in [0.05, 0.1) is 0 Å². The van der Waals surface area contributed by atoms with E-state index < -0.39 is 11.0 Å². The van der Waals surface area contributed by atoms with E-state index in [1.54, 1.807) is 6.08 Å². The maximum Gasteiger partial charge on any atom is 0.189 e. The third-order valence-electron chi connectivity index (χ3n) is 6.76. The molecule has 0 N–H and O–H groups in total. The van der Waals surface area contributed by atoms with Crippen LogP contribution in [0.1, 0.15) is 60.3 Å². The minimum atomic E-state index is -0.561. The number of rotatable bonds is 6. The lowest BCUT2D eigenvalue weighted by molar-refractivity contribution is -0.146. The highest BCUT2D eigenvalue weighted by atomic mass is 16.7. The predicted octanol–water partition coefficient (Wildman–Crippen LogP) is 6.05. The van der Waals surface area contributed by atoms with Crippen molar-refractivity contribution in [1.29, 1.82) is 0 Å². The maximum absolute atomic E-state index is 13.6. The third kappa shape index (κ3) is 3.24. The number of hydrogen-bond donors (Lipinski definition) is 0. The van der Waals surface area contributed by atoms with E-state index in [9.17, 15) is 4.79 Å². The zero-order chi connectivity index (χ0) is 20.5. The molecule has 1 fully saturated rings. The molecule has 1 aliphatic heterocycles. The summed E-state index contributed by atoms with van der Waals surface area (Å²) in [5.74, 6) is 1.08. The second-order valence-corrected chi connectivity index (χ2v) is 8.99. The van der Waals surface area contributed by atoms with Gasteiger partial charge in [0.15, 0.2) is 12.6 Å². The largest absolute Gasteiger partial charge is 0.469 e. The molecule has 3 heteroatoms. The number of ether oxygens (including phenoxy) is 2. The van der Waals surface area contributed by atoms with Crippen molar-refractivity contribution in [1.82, 2.24) is 0 Å². The van der Waals surface area contributed by atoms with Gasteiger partial charge in [-0.05, 0) is 59.8 Å². The van der Waals surface area contributed by atoms with Crippen LogP contribution in [0.3, 0.4) is 0 Å². The molecular formula is C25H34O3. The first-order valence-electron chi connectivity index (χ1n) is 10.4. The van der Waals surface area contributed by atoms with E-state index in [2.05, 4.69) is 59.4 Å². The minimum absolute atomic E-state index is 0.0443.